The Balaban J connectivity index is 1.45. The van der Waals surface area contributed by atoms with Crippen molar-refractivity contribution >= 4 is 23.5 Å². The summed E-state index contributed by atoms with van der Waals surface area (Å²) in [5.41, 5.74) is 1.01. The van der Waals surface area contributed by atoms with E-state index in [1.807, 2.05) is 0 Å². The molecule has 2 bridgehead atoms. The molecule has 0 spiro atoms. The van der Waals surface area contributed by atoms with Crippen LogP contribution in [-0.2, 0) is 14.3 Å². The van der Waals surface area contributed by atoms with Crippen LogP contribution in [0.2, 0.25) is 0 Å². The summed E-state index contributed by atoms with van der Waals surface area (Å²) < 4.78 is 5.25. The van der Waals surface area contributed by atoms with Crippen molar-refractivity contribution in [2.24, 2.45) is 23.7 Å². The van der Waals surface area contributed by atoms with Crippen molar-refractivity contribution in [3.05, 3.63) is 29.8 Å². The zero-order valence-corrected chi connectivity index (χ0v) is 15.1. The molecule has 1 aromatic carbocycles. The molecule has 1 heterocycles. The molecular weight excluding hydrogens is 330 g/mol. The summed E-state index contributed by atoms with van der Waals surface area (Å²) in [5, 5.41) is 0. The SMILES string of the molecule is CCCCCOC(=O)c1ccc(N2C(=O)[C@H]3[C@@H]4CC[C@@H](C4)[C@@H]3C2=O)cc1. The Labute approximate surface area is 153 Å². The second-order valence-corrected chi connectivity index (χ2v) is 7.79. The Morgan fingerprint density at radius 1 is 1.04 bits per heavy atom. The van der Waals surface area contributed by atoms with E-state index >= 15 is 0 Å². The predicted octanol–water partition coefficient (Wildman–Crippen LogP) is 3.57. The Morgan fingerprint density at radius 3 is 2.23 bits per heavy atom. The highest BCUT2D eigenvalue weighted by atomic mass is 16.5. The minimum absolute atomic E-state index is 0.0536. The lowest BCUT2D eigenvalue weighted by Gasteiger charge is -2.19. The lowest BCUT2D eigenvalue weighted by Crippen LogP contribution is -2.32. The van der Waals surface area contributed by atoms with Crippen LogP contribution in [0.5, 0.6) is 0 Å². The number of benzene rings is 1. The van der Waals surface area contributed by atoms with E-state index in [4.69, 9.17) is 4.74 Å². The number of amides is 2. The van der Waals surface area contributed by atoms with Gasteiger partial charge in [0.2, 0.25) is 11.8 Å². The highest BCUT2D eigenvalue weighted by molar-refractivity contribution is 6.22. The van der Waals surface area contributed by atoms with Gasteiger partial charge in [0.1, 0.15) is 0 Å². The fourth-order valence-electron chi connectivity index (χ4n) is 5.01. The number of hydrogen-bond donors (Lipinski definition) is 0. The number of unbranched alkanes of at least 4 members (excludes halogenated alkanes) is 2. The first-order valence-corrected chi connectivity index (χ1v) is 9.76. The van der Waals surface area contributed by atoms with Gasteiger partial charge in [-0.3, -0.25) is 14.5 Å². The molecule has 3 aliphatic rings. The molecule has 1 aromatic rings. The second kappa shape index (κ2) is 6.86. The molecule has 4 rings (SSSR count). The molecule has 4 atom stereocenters. The van der Waals surface area contributed by atoms with Crippen LogP contribution in [0.15, 0.2) is 24.3 Å². The van der Waals surface area contributed by atoms with Crippen molar-refractivity contribution in [1.82, 2.24) is 0 Å². The molecule has 1 aliphatic heterocycles. The van der Waals surface area contributed by atoms with Crippen molar-refractivity contribution < 1.29 is 19.1 Å². The van der Waals surface area contributed by atoms with Crippen molar-refractivity contribution in [2.45, 2.75) is 45.4 Å². The zero-order chi connectivity index (χ0) is 18.3. The number of hydrogen-bond acceptors (Lipinski definition) is 4. The largest absolute Gasteiger partial charge is 0.462 e. The van der Waals surface area contributed by atoms with Crippen molar-refractivity contribution in [3.8, 4) is 0 Å². The highest BCUT2D eigenvalue weighted by Gasteiger charge is 2.61. The third-order valence-corrected chi connectivity index (χ3v) is 6.27. The van der Waals surface area contributed by atoms with Gasteiger partial charge in [0.05, 0.1) is 29.7 Å². The van der Waals surface area contributed by atoms with E-state index in [0.29, 0.717) is 29.7 Å². The molecule has 2 amide bonds. The molecule has 5 heteroatoms. The first-order chi connectivity index (χ1) is 12.6. The molecule has 5 nitrogen and oxygen atoms in total. The van der Waals surface area contributed by atoms with Crippen LogP contribution in [0.3, 0.4) is 0 Å². The number of imide groups is 1. The topological polar surface area (TPSA) is 63.7 Å². The summed E-state index contributed by atoms with van der Waals surface area (Å²) in [6, 6.07) is 6.64. The van der Waals surface area contributed by atoms with Gasteiger partial charge in [0, 0.05) is 0 Å². The molecule has 2 aliphatic carbocycles. The molecule has 0 N–H and O–H groups in total. The predicted molar refractivity (Wildman–Crippen MR) is 96.6 cm³/mol. The number of carbonyl (C=O) groups excluding carboxylic acids is 3. The standard InChI is InChI=1S/C21H25NO4/c1-2-3-4-11-26-21(25)13-7-9-16(10-8-13)22-19(23)17-14-5-6-15(12-14)18(17)20(22)24/h7-10,14-15,17-18H,2-6,11-12H2,1H3/t14-,15+,17-,18-/m0/s1. The van der Waals surface area contributed by atoms with Gasteiger partial charge in [0.25, 0.3) is 0 Å². The molecule has 2 saturated carbocycles. The fourth-order valence-corrected chi connectivity index (χ4v) is 5.01. The van der Waals surface area contributed by atoms with Crippen LogP contribution in [0.4, 0.5) is 5.69 Å². The van der Waals surface area contributed by atoms with Crippen LogP contribution < -0.4 is 4.90 Å². The second-order valence-electron chi connectivity index (χ2n) is 7.79. The Kier molecular flexibility index (Phi) is 4.55. The number of fused-ring (bicyclic) bond motifs is 5. The maximum absolute atomic E-state index is 12.8. The fraction of sp³-hybridized carbons (Fsp3) is 0.571. The Hall–Kier alpha value is -2.17. The van der Waals surface area contributed by atoms with E-state index in [1.54, 1.807) is 24.3 Å². The molecule has 3 fully saturated rings. The third kappa shape index (κ3) is 2.74. The first-order valence-electron chi connectivity index (χ1n) is 9.76. The minimum atomic E-state index is -0.360. The van der Waals surface area contributed by atoms with Crippen LogP contribution in [0.25, 0.3) is 0 Å². The van der Waals surface area contributed by atoms with Gasteiger partial charge in [-0.15, -0.1) is 0 Å². The maximum Gasteiger partial charge on any atom is 0.338 e. The molecule has 1 saturated heterocycles. The smallest absolute Gasteiger partial charge is 0.338 e. The lowest BCUT2D eigenvalue weighted by molar-refractivity contribution is -0.123. The normalized spacial score (nSPS) is 29.3. The van der Waals surface area contributed by atoms with Gasteiger partial charge in [-0.25, -0.2) is 4.79 Å². The van der Waals surface area contributed by atoms with Gasteiger partial charge >= 0.3 is 5.97 Å². The van der Waals surface area contributed by atoms with E-state index in [1.165, 1.54) is 4.90 Å². The van der Waals surface area contributed by atoms with Crippen LogP contribution in [0, 0.1) is 23.7 Å². The van der Waals surface area contributed by atoms with Gasteiger partial charge in [-0.1, -0.05) is 19.8 Å². The summed E-state index contributed by atoms with van der Waals surface area (Å²) in [4.78, 5) is 39.0. The molecule has 0 unspecified atom stereocenters. The molecular formula is C21H25NO4. The molecule has 138 valence electrons. The summed E-state index contributed by atoms with van der Waals surface area (Å²) >= 11 is 0. The van der Waals surface area contributed by atoms with Crippen molar-refractivity contribution in [1.29, 1.82) is 0 Å². The monoisotopic (exact) mass is 355 g/mol. The van der Waals surface area contributed by atoms with E-state index in [-0.39, 0.29) is 29.6 Å². The van der Waals surface area contributed by atoms with Crippen molar-refractivity contribution in [3.63, 3.8) is 0 Å². The van der Waals surface area contributed by atoms with Gasteiger partial charge in [-0.05, 0) is 61.8 Å². The number of ether oxygens (including phenoxy) is 1. The average Bonchev–Trinajstić information content (AvgIpc) is 3.33. The summed E-state index contributed by atoms with van der Waals surface area (Å²) in [7, 11) is 0. The molecule has 0 aromatic heterocycles. The lowest BCUT2D eigenvalue weighted by atomic mass is 9.81. The van der Waals surface area contributed by atoms with Crippen LogP contribution in [-0.4, -0.2) is 24.4 Å². The average molecular weight is 355 g/mol. The first kappa shape index (κ1) is 17.3. The summed E-state index contributed by atoms with van der Waals surface area (Å²) in [5.74, 6) is 0.0485. The molecule has 0 radical (unpaired) electrons. The number of esters is 1. The number of carbonyl (C=O) groups is 3. The maximum atomic E-state index is 12.8. The van der Waals surface area contributed by atoms with E-state index in [2.05, 4.69) is 6.92 Å². The quantitative estimate of drug-likeness (QED) is 0.445. The number of nitrogens with zero attached hydrogens (tertiary/aromatic N) is 1. The number of rotatable bonds is 6. The van der Waals surface area contributed by atoms with E-state index < -0.39 is 0 Å². The Bertz CT molecular complexity index is 698. The Morgan fingerprint density at radius 2 is 1.65 bits per heavy atom. The molecule has 26 heavy (non-hydrogen) atoms. The van der Waals surface area contributed by atoms with E-state index in [0.717, 1.165) is 38.5 Å². The van der Waals surface area contributed by atoms with Crippen molar-refractivity contribution in [2.75, 3.05) is 11.5 Å². The highest BCUT2D eigenvalue weighted by Crippen LogP contribution is 2.56. The summed E-state index contributed by atoms with van der Waals surface area (Å²) in [6.07, 6.45) is 6.15. The minimum Gasteiger partial charge on any atom is -0.462 e. The van der Waals surface area contributed by atoms with Gasteiger partial charge in [-0.2, -0.15) is 0 Å². The van der Waals surface area contributed by atoms with Gasteiger partial charge in [0.15, 0.2) is 0 Å². The number of anilines is 1. The summed E-state index contributed by atoms with van der Waals surface area (Å²) in [6.45, 7) is 2.52. The van der Waals surface area contributed by atoms with Crippen LogP contribution >= 0.6 is 0 Å². The van der Waals surface area contributed by atoms with E-state index in [9.17, 15) is 14.4 Å². The third-order valence-electron chi connectivity index (χ3n) is 6.27. The van der Waals surface area contributed by atoms with Crippen LogP contribution in [0.1, 0.15) is 55.8 Å². The zero-order valence-electron chi connectivity index (χ0n) is 15.1. The van der Waals surface area contributed by atoms with Gasteiger partial charge < -0.3 is 4.74 Å².